The molecule has 4 heteroatoms. The molecule has 1 unspecified atom stereocenters. The largest absolute Gasteiger partial charge is 0.384 e. The first-order valence-corrected chi connectivity index (χ1v) is 7.03. The minimum Gasteiger partial charge on any atom is -0.384 e. The van der Waals surface area contributed by atoms with Crippen LogP contribution in [0, 0.1) is 12.8 Å². The average Bonchev–Trinajstić information content (AvgIpc) is 2.39. The van der Waals surface area contributed by atoms with Crippen LogP contribution in [0.2, 0.25) is 0 Å². The van der Waals surface area contributed by atoms with Gasteiger partial charge in [-0.15, -0.1) is 11.6 Å². The topological polar surface area (TPSA) is 25.4 Å². The van der Waals surface area contributed by atoms with E-state index in [-0.39, 0.29) is 0 Å². The van der Waals surface area contributed by atoms with E-state index in [1.807, 2.05) is 6.20 Å². The van der Waals surface area contributed by atoms with Crippen molar-refractivity contribution < 1.29 is 4.74 Å². The van der Waals surface area contributed by atoms with E-state index < -0.39 is 0 Å². The molecule has 1 fully saturated rings. The minimum absolute atomic E-state index is 0.528. The van der Waals surface area contributed by atoms with Crippen molar-refractivity contribution in [2.24, 2.45) is 5.92 Å². The van der Waals surface area contributed by atoms with Crippen molar-refractivity contribution in [3.05, 3.63) is 23.4 Å². The lowest BCUT2D eigenvalue weighted by atomic mass is 9.98. The maximum Gasteiger partial charge on any atom is 0.131 e. The summed E-state index contributed by atoms with van der Waals surface area (Å²) in [6, 6.07) is 2.13. The van der Waals surface area contributed by atoms with E-state index in [1.165, 1.54) is 18.4 Å². The third-order valence-electron chi connectivity index (χ3n) is 3.48. The van der Waals surface area contributed by atoms with Crippen LogP contribution in [0.25, 0.3) is 0 Å². The maximum atomic E-state index is 5.83. The molecule has 1 aromatic rings. The second-order valence-electron chi connectivity index (χ2n) is 5.03. The van der Waals surface area contributed by atoms with Gasteiger partial charge in [-0.05, 0) is 42.9 Å². The van der Waals surface area contributed by atoms with Gasteiger partial charge in [-0.25, -0.2) is 4.98 Å². The van der Waals surface area contributed by atoms with E-state index in [2.05, 4.69) is 22.9 Å². The highest BCUT2D eigenvalue weighted by atomic mass is 35.5. The van der Waals surface area contributed by atoms with Crippen molar-refractivity contribution in [1.29, 1.82) is 0 Å². The summed E-state index contributed by atoms with van der Waals surface area (Å²) in [5.41, 5.74) is 2.30. The lowest BCUT2D eigenvalue weighted by molar-refractivity contribution is 0.143. The number of alkyl halides is 1. The second-order valence-corrected chi connectivity index (χ2v) is 5.29. The molecule has 2 heterocycles. The number of aryl methyl sites for hydroxylation is 1. The van der Waals surface area contributed by atoms with Crippen molar-refractivity contribution in [2.75, 3.05) is 31.7 Å². The average molecular weight is 269 g/mol. The summed E-state index contributed by atoms with van der Waals surface area (Å²) < 4.78 is 5.27. The zero-order valence-corrected chi connectivity index (χ0v) is 11.9. The first-order valence-electron chi connectivity index (χ1n) is 6.50. The van der Waals surface area contributed by atoms with Gasteiger partial charge in [0.25, 0.3) is 0 Å². The molecule has 0 N–H and O–H groups in total. The molecule has 0 saturated carbocycles. The van der Waals surface area contributed by atoms with Crippen molar-refractivity contribution in [3.8, 4) is 0 Å². The van der Waals surface area contributed by atoms with Gasteiger partial charge in [0.1, 0.15) is 5.82 Å². The molecule has 0 aliphatic carbocycles. The van der Waals surface area contributed by atoms with Crippen LogP contribution in [0.5, 0.6) is 0 Å². The highest BCUT2D eigenvalue weighted by Gasteiger charge is 2.21. The number of hydrogen-bond acceptors (Lipinski definition) is 3. The Kier molecular flexibility index (Phi) is 4.84. The SMILES string of the molecule is COCC1CCCN(c2ncc(CCl)cc2C)C1. The number of pyridine rings is 1. The Hall–Kier alpha value is -0.800. The van der Waals surface area contributed by atoms with Gasteiger partial charge in [0, 0.05) is 32.3 Å². The van der Waals surface area contributed by atoms with E-state index in [1.54, 1.807) is 7.11 Å². The first-order chi connectivity index (χ1) is 8.74. The number of aromatic nitrogens is 1. The van der Waals surface area contributed by atoms with Gasteiger partial charge in [0.2, 0.25) is 0 Å². The first kappa shape index (κ1) is 13.6. The third-order valence-corrected chi connectivity index (χ3v) is 3.79. The maximum absolute atomic E-state index is 5.83. The number of ether oxygens (including phenoxy) is 1. The molecule has 1 atom stereocenters. The number of rotatable bonds is 4. The molecular formula is C14H21ClN2O. The van der Waals surface area contributed by atoms with E-state index in [0.717, 1.165) is 31.1 Å². The van der Waals surface area contributed by atoms with Gasteiger partial charge < -0.3 is 9.64 Å². The van der Waals surface area contributed by atoms with Gasteiger partial charge in [-0.3, -0.25) is 0 Å². The molecule has 0 amide bonds. The molecular weight excluding hydrogens is 248 g/mol. The molecule has 0 bridgehead atoms. The van der Waals surface area contributed by atoms with Crippen LogP contribution in [0.1, 0.15) is 24.0 Å². The van der Waals surface area contributed by atoms with Crippen LogP contribution in [0.4, 0.5) is 5.82 Å². The number of anilines is 1. The summed E-state index contributed by atoms with van der Waals surface area (Å²) in [5.74, 6) is 2.25. The van der Waals surface area contributed by atoms with Crippen LogP contribution < -0.4 is 4.90 Å². The second kappa shape index (κ2) is 6.39. The molecule has 1 aliphatic heterocycles. The smallest absolute Gasteiger partial charge is 0.131 e. The molecule has 3 nitrogen and oxygen atoms in total. The number of piperidine rings is 1. The Morgan fingerprint density at radius 2 is 2.39 bits per heavy atom. The van der Waals surface area contributed by atoms with E-state index in [0.29, 0.717) is 11.8 Å². The van der Waals surface area contributed by atoms with E-state index >= 15 is 0 Å². The Morgan fingerprint density at radius 1 is 1.56 bits per heavy atom. The molecule has 2 rings (SSSR count). The summed E-state index contributed by atoms with van der Waals surface area (Å²) in [6.07, 6.45) is 4.35. The highest BCUT2D eigenvalue weighted by Crippen LogP contribution is 2.25. The van der Waals surface area contributed by atoms with Gasteiger partial charge in [-0.2, -0.15) is 0 Å². The van der Waals surface area contributed by atoms with Crippen LogP contribution in [-0.4, -0.2) is 31.8 Å². The number of methoxy groups -OCH3 is 1. The highest BCUT2D eigenvalue weighted by molar-refractivity contribution is 6.17. The van der Waals surface area contributed by atoms with Crippen LogP contribution in [-0.2, 0) is 10.6 Å². The molecule has 0 radical (unpaired) electrons. The van der Waals surface area contributed by atoms with Gasteiger partial charge in [-0.1, -0.05) is 0 Å². The molecule has 1 aromatic heterocycles. The predicted octanol–water partition coefficient (Wildman–Crippen LogP) is 2.99. The Morgan fingerprint density at radius 3 is 3.06 bits per heavy atom. The number of hydrogen-bond donors (Lipinski definition) is 0. The number of nitrogens with zero attached hydrogens (tertiary/aromatic N) is 2. The molecule has 1 saturated heterocycles. The fraction of sp³-hybridized carbons (Fsp3) is 0.643. The summed E-state index contributed by atoms with van der Waals surface area (Å²) in [7, 11) is 1.78. The van der Waals surface area contributed by atoms with E-state index in [9.17, 15) is 0 Å². The van der Waals surface area contributed by atoms with Crippen molar-refractivity contribution >= 4 is 17.4 Å². The lowest BCUT2D eigenvalue weighted by Gasteiger charge is -2.34. The Balaban J connectivity index is 2.10. The quantitative estimate of drug-likeness (QED) is 0.785. The minimum atomic E-state index is 0.528. The zero-order chi connectivity index (χ0) is 13.0. The Labute approximate surface area is 114 Å². The summed E-state index contributed by atoms with van der Waals surface area (Å²) >= 11 is 5.83. The van der Waals surface area contributed by atoms with Crippen LogP contribution in [0.15, 0.2) is 12.3 Å². The predicted molar refractivity (Wildman–Crippen MR) is 75.3 cm³/mol. The van der Waals surface area contributed by atoms with E-state index in [4.69, 9.17) is 16.3 Å². The van der Waals surface area contributed by atoms with Crippen LogP contribution in [0.3, 0.4) is 0 Å². The van der Waals surface area contributed by atoms with Gasteiger partial charge in [0.05, 0.1) is 6.61 Å². The normalized spacial score (nSPS) is 20.2. The molecule has 100 valence electrons. The fourth-order valence-corrected chi connectivity index (χ4v) is 2.81. The summed E-state index contributed by atoms with van der Waals surface area (Å²) in [5, 5.41) is 0. The van der Waals surface area contributed by atoms with Crippen LogP contribution >= 0.6 is 11.6 Å². The van der Waals surface area contributed by atoms with Gasteiger partial charge in [0.15, 0.2) is 0 Å². The van der Waals surface area contributed by atoms with Gasteiger partial charge >= 0.3 is 0 Å². The zero-order valence-electron chi connectivity index (χ0n) is 11.2. The van der Waals surface area contributed by atoms with Crippen molar-refractivity contribution in [3.63, 3.8) is 0 Å². The Bertz CT molecular complexity index is 395. The van der Waals surface area contributed by atoms with Crippen molar-refractivity contribution in [2.45, 2.75) is 25.6 Å². The third kappa shape index (κ3) is 3.15. The lowest BCUT2D eigenvalue weighted by Crippen LogP contribution is -2.38. The van der Waals surface area contributed by atoms with Crippen molar-refractivity contribution in [1.82, 2.24) is 4.98 Å². The standard InChI is InChI=1S/C14H21ClN2O/c1-11-6-13(7-15)8-16-14(11)17-5-3-4-12(9-17)10-18-2/h6,8,12H,3-5,7,9-10H2,1-2H3. The molecule has 0 spiro atoms. The summed E-state index contributed by atoms with van der Waals surface area (Å²) in [4.78, 5) is 6.94. The monoisotopic (exact) mass is 268 g/mol. The molecule has 1 aliphatic rings. The fourth-order valence-electron chi connectivity index (χ4n) is 2.66. The molecule has 0 aromatic carbocycles. The summed E-state index contributed by atoms with van der Waals surface area (Å²) in [6.45, 7) is 5.09. The number of halogens is 1. The molecule has 18 heavy (non-hydrogen) atoms.